The van der Waals surface area contributed by atoms with E-state index >= 15 is 0 Å². The van der Waals surface area contributed by atoms with E-state index in [9.17, 15) is 4.79 Å². The molecular weight excluding hydrogens is 166 g/mol. The van der Waals surface area contributed by atoms with Crippen molar-refractivity contribution in [2.45, 2.75) is 39.7 Å². The van der Waals surface area contributed by atoms with Crippen LogP contribution in [-0.4, -0.2) is 19.1 Å². The van der Waals surface area contributed by atoms with E-state index in [0.29, 0.717) is 18.3 Å². The van der Waals surface area contributed by atoms with Crippen molar-refractivity contribution in [3.05, 3.63) is 0 Å². The molecule has 3 nitrogen and oxygen atoms in total. The van der Waals surface area contributed by atoms with Crippen molar-refractivity contribution in [2.75, 3.05) is 7.11 Å². The van der Waals surface area contributed by atoms with Gasteiger partial charge in [-0.3, -0.25) is 4.79 Å². The fourth-order valence-corrected chi connectivity index (χ4v) is 1.40. The fraction of sp³-hybridized carbons (Fsp3) is 0.900. The lowest BCUT2D eigenvalue weighted by Crippen LogP contribution is -2.32. The molecule has 0 aliphatic rings. The molecule has 0 aliphatic carbocycles. The van der Waals surface area contributed by atoms with E-state index in [0.717, 1.165) is 6.42 Å². The molecule has 0 aliphatic heterocycles. The van der Waals surface area contributed by atoms with Crippen LogP contribution >= 0.6 is 0 Å². The summed E-state index contributed by atoms with van der Waals surface area (Å²) in [4.78, 5) is 10.9. The zero-order valence-electron chi connectivity index (χ0n) is 9.04. The maximum atomic E-state index is 10.9. The monoisotopic (exact) mass is 187 g/mol. The van der Waals surface area contributed by atoms with Crippen molar-refractivity contribution >= 4 is 5.97 Å². The van der Waals surface area contributed by atoms with Crippen molar-refractivity contribution in [3.63, 3.8) is 0 Å². The van der Waals surface area contributed by atoms with E-state index < -0.39 is 0 Å². The Kier molecular flexibility index (Phi) is 5.71. The molecule has 2 atom stereocenters. The van der Waals surface area contributed by atoms with Crippen LogP contribution in [0, 0.1) is 11.8 Å². The second kappa shape index (κ2) is 5.97. The highest BCUT2D eigenvalue weighted by atomic mass is 16.5. The van der Waals surface area contributed by atoms with E-state index in [-0.39, 0.29) is 12.0 Å². The van der Waals surface area contributed by atoms with E-state index in [4.69, 9.17) is 5.73 Å². The van der Waals surface area contributed by atoms with Gasteiger partial charge in [-0.2, -0.15) is 0 Å². The minimum atomic E-state index is -0.219. The number of carbonyl (C=O) groups excluding carboxylic acids is 1. The molecule has 2 unspecified atom stereocenters. The van der Waals surface area contributed by atoms with Gasteiger partial charge >= 0.3 is 5.97 Å². The van der Waals surface area contributed by atoms with Crippen LogP contribution in [0.15, 0.2) is 0 Å². The third-order valence-corrected chi connectivity index (χ3v) is 2.20. The number of hydrogen-bond donors (Lipinski definition) is 1. The highest BCUT2D eigenvalue weighted by molar-refractivity contribution is 5.69. The number of ether oxygens (including phenoxy) is 1. The van der Waals surface area contributed by atoms with Gasteiger partial charge in [-0.05, 0) is 18.3 Å². The summed E-state index contributed by atoms with van der Waals surface area (Å²) in [5, 5.41) is 0. The molecule has 0 bridgehead atoms. The zero-order chi connectivity index (χ0) is 10.4. The fourth-order valence-electron chi connectivity index (χ4n) is 1.40. The predicted molar refractivity (Wildman–Crippen MR) is 53.2 cm³/mol. The largest absolute Gasteiger partial charge is 0.469 e. The molecule has 3 heteroatoms. The van der Waals surface area contributed by atoms with Crippen LogP contribution in [0.3, 0.4) is 0 Å². The van der Waals surface area contributed by atoms with E-state index in [1.54, 1.807) is 0 Å². The Bertz CT molecular complexity index is 157. The standard InChI is InChI=1S/C10H21NO2/c1-7(2)5-8(3)9(11)6-10(12)13-4/h7-9H,5-6,11H2,1-4H3. The number of nitrogens with two attached hydrogens (primary N) is 1. The summed E-state index contributed by atoms with van der Waals surface area (Å²) in [7, 11) is 1.39. The van der Waals surface area contributed by atoms with Gasteiger partial charge in [0.25, 0.3) is 0 Å². The van der Waals surface area contributed by atoms with Gasteiger partial charge in [-0.25, -0.2) is 0 Å². The third-order valence-electron chi connectivity index (χ3n) is 2.20. The van der Waals surface area contributed by atoms with Crippen LogP contribution in [-0.2, 0) is 9.53 Å². The summed E-state index contributed by atoms with van der Waals surface area (Å²) in [6, 6.07) is -0.0742. The van der Waals surface area contributed by atoms with Crippen molar-refractivity contribution < 1.29 is 9.53 Å². The zero-order valence-corrected chi connectivity index (χ0v) is 9.04. The van der Waals surface area contributed by atoms with Crippen LogP contribution < -0.4 is 5.73 Å². The molecule has 0 spiro atoms. The molecule has 0 saturated heterocycles. The molecule has 0 aromatic carbocycles. The molecule has 78 valence electrons. The van der Waals surface area contributed by atoms with Gasteiger partial charge in [0.15, 0.2) is 0 Å². The average molecular weight is 187 g/mol. The minimum absolute atomic E-state index is 0.0742. The maximum absolute atomic E-state index is 10.9. The lowest BCUT2D eigenvalue weighted by Gasteiger charge is -2.20. The predicted octanol–water partition coefficient (Wildman–Crippen LogP) is 1.56. The Labute approximate surface area is 80.6 Å². The van der Waals surface area contributed by atoms with Gasteiger partial charge in [-0.1, -0.05) is 20.8 Å². The van der Waals surface area contributed by atoms with Gasteiger partial charge < -0.3 is 10.5 Å². The molecule has 0 aromatic heterocycles. The number of hydrogen-bond acceptors (Lipinski definition) is 3. The quantitative estimate of drug-likeness (QED) is 0.664. The molecule has 0 aromatic rings. The summed E-state index contributed by atoms with van der Waals surface area (Å²) in [6.07, 6.45) is 1.38. The lowest BCUT2D eigenvalue weighted by molar-refractivity contribution is -0.141. The summed E-state index contributed by atoms with van der Waals surface area (Å²) >= 11 is 0. The smallest absolute Gasteiger partial charge is 0.307 e. The minimum Gasteiger partial charge on any atom is -0.469 e. The first kappa shape index (κ1) is 12.4. The van der Waals surface area contributed by atoms with Crippen LogP contribution in [0.4, 0.5) is 0 Å². The molecule has 0 heterocycles. The first-order valence-electron chi connectivity index (χ1n) is 4.79. The van der Waals surface area contributed by atoms with Crippen LogP contribution in [0.25, 0.3) is 0 Å². The topological polar surface area (TPSA) is 52.3 Å². The van der Waals surface area contributed by atoms with Crippen molar-refractivity contribution in [1.29, 1.82) is 0 Å². The Morgan fingerprint density at radius 3 is 2.31 bits per heavy atom. The first-order valence-corrected chi connectivity index (χ1v) is 4.79. The summed E-state index contributed by atoms with van der Waals surface area (Å²) < 4.78 is 4.56. The molecular formula is C10H21NO2. The molecule has 0 fully saturated rings. The van der Waals surface area contributed by atoms with Crippen molar-refractivity contribution in [3.8, 4) is 0 Å². The normalized spacial score (nSPS) is 15.5. The Morgan fingerprint density at radius 2 is 1.92 bits per heavy atom. The van der Waals surface area contributed by atoms with Crippen molar-refractivity contribution in [2.24, 2.45) is 17.6 Å². The van der Waals surface area contributed by atoms with Gasteiger partial charge in [-0.15, -0.1) is 0 Å². The van der Waals surface area contributed by atoms with Gasteiger partial charge in [0.05, 0.1) is 13.5 Å². The van der Waals surface area contributed by atoms with Gasteiger partial charge in [0, 0.05) is 6.04 Å². The van der Waals surface area contributed by atoms with Gasteiger partial charge in [0.1, 0.15) is 0 Å². The molecule has 0 rings (SSSR count). The van der Waals surface area contributed by atoms with Crippen LogP contribution in [0.5, 0.6) is 0 Å². The number of esters is 1. The first-order chi connectivity index (χ1) is 5.97. The molecule has 0 amide bonds. The Morgan fingerprint density at radius 1 is 1.38 bits per heavy atom. The highest BCUT2D eigenvalue weighted by Crippen LogP contribution is 2.15. The molecule has 2 N–H and O–H groups in total. The lowest BCUT2D eigenvalue weighted by atomic mass is 9.91. The molecule has 0 saturated carbocycles. The number of rotatable bonds is 5. The SMILES string of the molecule is COC(=O)CC(N)C(C)CC(C)C. The number of carbonyl (C=O) groups is 1. The molecule has 0 radical (unpaired) electrons. The van der Waals surface area contributed by atoms with Crippen molar-refractivity contribution in [1.82, 2.24) is 0 Å². The van der Waals surface area contributed by atoms with E-state index in [2.05, 4.69) is 25.5 Å². The Hall–Kier alpha value is -0.570. The van der Waals surface area contributed by atoms with Crippen LogP contribution in [0.1, 0.15) is 33.6 Å². The maximum Gasteiger partial charge on any atom is 0.307 e. The molecule has 13 heavy (non-hydrogen) atoms. The van der Waals surface area contributed by atoms with E-state index in [1.165, 1.54) is 7.11 Å². The number of methoxy groups -OCH3 is 1. The Balaban J connectivity index is 3.81. The third kappa shape index (κ3) is 5.64. The van der Waals surface area contributed by atoms with E-state index in [1.807, 2.05) is 0 Å². The van der Waals surface area contributed by atoms with Gasteiger partial charge in [0.2, 0.25) is 0 Å². The summed E-state index contributed by atoms with van der Waals surface area (Å²) in [6.45, 7) is 6.39. The summed E-state index contributed by atoms with van der Waals surface area (Å²) in [5.41, 5.74) is 5.84. The second-order valence-corrected chi connectivity index (χ2v) is 4.05. The highest BCUT2D eigenvalue weighted by Gasteiger charge is 2.17. The van der Waals surface area contributed by atoms with Crippen LogP contribution in [0.2, 0.25) is 0 Å². The second-order valence-electron chi connectivity index (χ2n) is 4.05. The summed E-state index contributed by atoms with van der Waals surface area (Å²) in [5.74, 6) is 0.779. The average Bonchev–Trinajstić information content (AvgIpc) is 2.02.